The predicted octanol–water partition coefficient (Wildman–Crippen LogP) is -0.559. The van der Waals surface area contributed by atoms with Gasteiger partial charge in [0.25, 0.3) is 0 Å². The summed E-state index contributed by atoms with van der Waals surface area (Å²) in [4.78, 5) is 59.4. The zero-order chi connectivity index (χ0) is 23.4. The summed E-state index contributed by atoms with van der Waals surface area (Å²) in [5.41, 5.74) is 5.28. The number of aliphatic carboxylic acids is 2. The average molecular weight is 431 g/mol. The highest BCUT2D eigenvalue weighted by atomic mass is 16.4. The maximum absolute atomic E-state index is 12.7. The van der Waals surface area contributed by atoms with E-state index < -0.39 is 54.2 Å². The molecule has 11 nitrogen and oxygen atoms in total. The van der Waals surface area contributed by atoms with Crippen LogP contribution in [0.5, 0.6) is 0 Å². The molecule has 0 aliphatic heterocycles. The monoisotopic (exact) mass is 430 g/mol. The molecule has 0 aromatic rings. The van der Waals surface area contributed by atoms with Crippen molar-refractivity contribution in [1.82, 2.24) is 16.0 Å². The summed E-state index contributed by atoms with van der Waals surface area (Å²) in [7, 11) is 0. The number of nitrogens with two attached hydrogens (primary N) is 1. The third kappa shape index (κ3) is 10.2. The first kappa shape index (κ1) is 27.3. The number of hydrogen-bond donors (Lipinski definition) is 6. The van der Waals surface area contributed by atoms with Gasteiger partial charge < -0.3 is 31.9 Å². The summed E-state index contributed by atoms with van der Waals surface area (Å²) in [6.45, 7) is 6.79. The van der Waals surface area contributed by atoms with E-state index in [1.54, 1.807) is 13.8 Å². The van der Waals surface area contributed by atoms with E-state index in [0.717, 1.165) is 0 Å². The van der Waals surface area contributed by atoms with E-state index in [9.17, 15) is 29.1 Å². The van der Waals surface area contributed by atoms with Gasteiger partial charge in [-0.15, -0.1) is 0 Å². The maximum Gasteiger partial charge on any atom is 0.326 e. The Bertz CT molecular complexity index is 624. The lowest BCUT2D eigenvalue weighted by atomic mass is 9.98. The standard InChI is InChI=1S/C19H34N4O7/c1-5-11(4)16(19(29)30)23-17(27)12(6-7-15(25)26)22-18(28)13(8-10(2)3)21-14(24)9-20/h10-13,16H,5-9,20H2,1-4H3,(H,21,24)(H,22,28)(H,23,27)(H,25,26)(H,29,30). The molecule has 11 heteroatoms. The van der Waals surface area contributed by atoms with E-state index >= 15 is 0 Å². The van der Waals surface area contributed by atoms with Crippen molar-refractivity contribution in [3.8, 4) is 0 Å². The van der Waals surface area contributed by atoms with Gasteiger partial charge in [0.2, 0.25) is 17.7 Å². The molecule has 0 saturated carbocycles. The molecule has 0 aromatic heterocycles. The molecule has 4 unspecified atom stereocenters. The van der Waals surface area contributed by atoms with Crippen LogP contribution >= 0.6 is 0 Å². The van der Waals surface area contributed by atoms with Crippen LogP contribution in [0.4, 0.5) is 0 Å². The number of carboxylic acid groups (broad SMARTS) is 2. The summed E-state index contributed by atoms with van der Waals surface area (Å²) >= 11 is 0. The fraction of sp³-hybridized carbons (Fsp3) is 0.737. The predicted molar refractivity (Wildman–Crippen MR) is 108 cm³/mol. The summed E-state index contributed by atoms with van der Waals surface area (Å²) in [6.07, 6.45) is 0.114. The molecule has 0 aliphatic carbocycles. The molecule has 30 heavy (non-hydrogen) atoms. The highest BCUT2D eigenvalue weighted by Gasteiger charge is 2.31. The van der Waals surface area contributed by atoms with Gasteiger partial charge in [-0.05, 0) is 24.7 Å². The average Bonchev–Trinajstić information content (AvgIpc) is 2.66. The Morgan fingerprint density at radius 1 is 0.900 bits per heavy atom. The van der Waals surface area contributed by atoms with E-state index in [1.165, 1.54) is 0 Å². The molecule has 0 saturated heterocycles. The number of nitrogens with one attached hydrogen (secondary N) is 3. The van der Waals surface area contributed by atoms with Crippen molar-refractivity contribution in [2.45, 2.75) is 71.5 Å². The van der Waals surface area contributed by atoms with Gasteiger partial charge >= 0.3 is 11.9 Å². The zero-order valence-corrected chi connectivity index (χ0v) is 17.9. The van der Waals surface area contributed by atoms with Gasteiger partial charge in [-0.2, -0.15) is 0 Å². The van der Waals surface area contributed by atoms with Crippen molar-refractivity contribution in [2.24, 2.45) is 17.6 Å². The zero-order valence-electron chi connectivity index (χ0n) is 17.9. The Morgan fingerprint density at radius 2 is 1.47 bits per heavy atom. The fourth-order valence-corrected chi connectivity index (χ4v) is 2.70. The molecule has 0 bridgehead atoms. The molecule has 7 N–H and O–H groups in total. The minimum atomic E-state index is -1.27. The Kier molecular flexibility index (Phi) is 12.3. The number of carbonyl (C=O) groups is 5. The molecule has 0 fully saturated rings. The molecule has 0 rings (SSSR count). The van der Waals surface area contributed by atoms with Gasteiger partial charge in [0.15, 0.2) is 0 Å². The minimum absolute atomic E-state index is 0.0342. The lowest BCUT2D eigenvalue weighted by Gasteiger charge is -2.26. The van der Waals surface area contributed by atoms with Gasteiger partial charge in [0.1, 0.15) is 18.1 Å². The van der Waals surface area contributed by atoms with Crippen molar-refractivity contribution in [1.29, 1.82) is 0 Å². The molecule has 0 aromatic carbocycles. The summed E-state index contributed by atoms with van der Waals surface area (Å²) in [5.74, 6) is -4.77. The Balaban J connectivity index is 5.48. The SMILES string of the molecule is CCC(C)C(NC(=O)C(CCC(=O)O)NC(=O)C(CC(C)C)NC(=O)CN)C(=O)O. The van der Waals surface area contributed by atoms with Gasteiger partial charge in [-0.1, -0.05) is 34.1 Å². The quantitative estimate of drug-likeness (QED) is 0.211. The third-order valence-electron chi connectivity index (χ3n) is 4.60. The molecule has 3 amide bonds. The van der Waals surface area contributed by atoms with Crippen molar-refractivity contribution < 1.29 is 34.2 Å². The van der Waals surface area contributed by atoms with Crippen molar-refractivity contribution in [3.63, 3.8) is 0 Å². The number of hydrogen-bond acceptors (Lipinski definition) is 6. The Morgan fingerprint density at radius 3 is 1.90 bits per heavy atom. The first-order chi connectivity index (χ1) is 13.9. The largest absolute Gasteiger partial charge is 0.481 e. The molecular weight excluding hydrogens is 396 g/mol. The van der Waals surface area contributed by atoms with Gasteiger partial charge in [-0.3, -0.25) is 19.2 Å². The van der Waals surface area contributed by atoms with Crippen LogP contribution in [0, 0.1) is 11.8 Å². The molecule has 4 atom stereocenters. The summed E-state index contributed by atoms with van der Waals surface area (Å²) in [6, 6.07) is -3.43. The second-order valence-corrected chi connectivity index (χ2v) is 7.66. The van der Waals surface area contributed by atoms with Gasteiger partial charge in [0, 0.05) is 6.42 Å². The van der Waals surface area contributed by atoms with Crippen LogP contribution < -0.4 is 21.7 Å². The highest BCUT2D eigenvalue weighted by Crippen LogP contribution is 2.10. The number of carboxylic acids is 2. The maximum atomic E-state index is 12.7. The number of rotatable bonds is 14. The molecule has 0 spiro atoms. The van der Waals surface area contributed by atoms with E-state index in [-0.39, 0.29) is 31.2 Å². The van der Waals surface area contributed by atoms with E-state index in [2.05, 4.69) is 16.0 Å². The second kappa shape index (κ2) is 13.5. The van der Waals surface area contributed by atoms with Crippen molar-refractivity contribution in [2.75, 3.05) is 6.54 Å². The van der Waals surface area contributed by atoms with E-state index in [1.807, 2.05) is 13.8 Å². The lowest BCUT2D eigenvalue weighted by Crippen LogP contribution is -2.57. The summed E-state index contributed by atoms with van der Waals surface area (Å²) in [5, 5.41) is 25.6. The minimum Gasteiger partial charge on any atom is -0.481 e. The molecule has 0 heterocycles. The van der Waals surface area contributed by atoms with Crippen LogP contribution in [0.25, 0.3) is 0 Å². The molecular formula is C19H34N4O7. The molecule has 172 valence electrons. The van der Waals surface area contributed by atoms with Crippen molar-refractivity contribution >= 4 is 29.7 Å². The normalized spacial score (nSPS) is 14.9. The second-order valence-electron chi connectivity index (χ2n) is 7.66. The smallest absolute Gasteiger partial charge is 0.326 e. The molecule has 0 aliphatic rings. The number of carbonyl (C=O) groups excluding carboxylic acids is 3. The molecule has 0 radical (unpaired) electrons. The fourth-order valence-electron chi connectivity index (χ4n) is 2.70. The number of amides is 3. The van der Waals surface area contributed by atoms with Gasteiger partial charge in [-0.25, -0.2) is 4.79 Å². The first-order valence-corrected chi connectivity index (χ1v) is 9.97. The Labute approximate surface area is 176 Å². The Hall–Kier alpha value is -2.69. The van der Waals surface area contributed by atoms with Crippen LogP contribution in [-0.4, -0.2) is 64.5 Å². The van der Waals surface area contributed by atoms with Crippen LogP contribution in [0.1, 0.15) is 53.4 Å². The van der Waals surface area contributed by atoms with E-state index in [4.69, 9.17) is 10.8 Å². The third-order valence-corrected chi connectivity index (χ3v) is 4.60. The van der Waals surface area contributed by atoms with Gasteiger partial charge in [0.05, 0.1) is 6.54 Å². The topological polar surface area (TPSA) is 188 Å². The lowest BCUT2D eigenvalue weighted by molar-refractivity contribution is -0.144. The van der Waals surface area contributed by atoms with Crippen LogP contribution in [0.3, 0.4) is 0 Å². The van der Waals surface area contributed by atoms with Crippen molar-refractivity contribution in [3.05, 3.63) is 0 Å². The van der Waals surface area contributed by atoms with Crippen LogP contribution in [-0.2, 0) is 24.0 Å². The van der Waals surface area contributed by atoms with Crippen LogP contribution in [0.15, 0.2) is 0 Å². The first-order valence-electron chi connectivity index (χ1n) is 9.97. The highest BCUT2D eigenvalue weighted by molar-refractivity contribution is 5.93. The van der Waals surface area contributed by atoms with E-state index in [0.29, 0.717) is 6.42 Å². The van der Waals surface area contributed by atoms with Crippen LogP contribution in [0.2, 0.25) is 0 Å². The summed E-state index contributed by atoms with van der Waals surface area (Å²) < 4.78 is 0.